The van der Waals surface area contributed by atoms with Crippen molar-refractivity contribution >= 4 is 17.9 Å². The Morgan fingerprint density at radius 2 is 0.691 bits per heavy atom. The van der Waals surface area contributed by atoms with Gasteiger partial charge in [0.25, 0.3) is 0 Å². The van der Waals surface area contributed by atoms with Gasteiger partial charge >= 0.3 is 17.9 Å². The molecule has 6 nitrogen and oxygen atoms in total. The first-order valence-electron chi connectivity index (χ1n) is 24.3. The van der Waals surface area contributed by atoms with Gasteiger partial charge in [-0.1, -0.05) is 227 Å². The molecular formula is C49H94O6. The first-order chi connectivity index (χ1) is 26.8. The van der Waals surface area contributed by atoms with Crippen molar-refractivity contribution in [2.45, 2.75) is 272 Å². The molecule has 0 rings (SSSR count). The largest absolute Gasteiger partial charge is 0.462 e. The van der Waals surface area contributed by atoms with Crippen LogP contribution >= 0.6 is 0 Å². The van der Waals surface area contributed by atoms with E-state index in [1.165, 1.54) is 154 Å². The lowest BCUT2D eigenvalue weighted by atomic mass is 9.99. The van der Waals surface area contributed by atoms with Crippen molar-refractivity contribution in [2.75, 3.05) is 13.2 Å². The average Bonchev–Trinajstić information content (AvgIpc) is 3.17. The highest BCUT2D eigenvalue weighted by atomic mass is 16.6. The Morgan fingerprint density at radius 1 is 0.382 bits per heavy atom. The van der Waals surface area contributed by atoms with Gasteiger partial charge in [0.15, 0.2) is 6.10 Å². The number of hydrogen-bond acceptors (Lipinski definition) is 6. The second-order valence-electron chi connectivity index (χ2n) is 17.5. The summed E-state index contributed by atoms with van der Waals surface area (Å²) in [4.78, 5) is 37.8. The minimum absolute atomic E-state index is 0.0656. The fourth-order valence-electron chi connectivity index (χ4n) is 7.25. The van der Waals surface area contributed by atoms with Crippen LogP contribution in [0.25, 0.3) is 0 Å². The normalized spacial score (nSPS) is 12.5. The Morgan fingerprint density at radius 3 is 1.04 bits per heavy atom. The summed E-state index contributed by atoms with van der Waals surface area (Å²) in [6, 6.07) is 0. The summed E-state index contributed by atoms with van der Waals surface area (Å²) < 4.78 is 16.7. The number of esters is 3. The van der Waals surface area contributed by atoms with E-state index in [9.17, 15) is 14.4 Å². The molecule has 0 aliphatic carbocycles. The van der Waals surface area contributed by atoms with Gasteiger partial charge in [-0.25, -0.2) is 0 Å². The lowest BCUT2D eigenvalue weighted by molar-refractivity contribution is -0.167. The van der Waals surface area contributed by atoms with E-state index in [2.05, 4.69) is 34.6 Å². The smallest absolute Gasteiger partial charge is 0.306 e. The van der Waals surface area contributed by atoms with Gasteiger partial charge in [-0.05, 0) is 31.1 Å². The van der Waals surface area contributed by atoms with Gasteiger partial charge in [0.1, 0.15) is 13.2 Å². The van der Waals surface area contributed by atoms with Crippen LogP contribution in [0.5, 0.6) is 0 Å². The lowest BCUT2D eigenvalue weighted by Crippen LogP contribution is -2.30. The molecule has 0 fully saturated rings. The van der Waals surface area contributed by atoms with Crippen LogP contribution in [-0.2, 0) is 28.6 Å². The van der Waals surface area contributed by atoms with Crippen LogP contribution < -0.4 is 0 Å². The van der Waals surface area contributed by atoms with Crippen LogP contribution in [0.15, 0.2) is 0 Å². The monoisotopic (exact) mass is 779 g/mol. The maximum absolute atomic E-state index is 12.7. The number of unbranched alkanes of at least 4 members (excludes halogenated alkanes) is 27. The summed E-state index contributed by atoms with van der Waals surface area (Å²) in [5.41, 5.74) is 0. The maximum atomic E-state index is 12.7. The van der Waals surface area contributed by atoms with E-state index in [1.807, 2.05) is 0 Å². The minimum atomic E-state index is -0.762. The van der Waals surface area contributed by atoms with Crippen LogP contribution in [0.1, 0.15) is 266 Å². The maximum Gasteiger partial charge on any atom is 0.306 e. The van der Waals surface area contributed by atoms with Crippen LogP contribution in [0.3, 0.4) is 0 Å². The van der Waals surface area contributed by atoms with Crippen LogP contribution in [-0.4, -0.2) is 37.2 Å². The summed E-state index contributed by atoms with van der Waals surface area (Å²) in [6.45, 7) is 11.3. The molecule has 0 saturated carbocycles. The van der Waals surface area contributed by atoms with E-state index >= 15 is 0 Å². The molecule has 6 heteroatoms. The highest BCUT2D eigenvalue weighted by Gasteiger charge is 2.19. The molecule has 0 aliphatic rings. The summed E-state index contributed by atoms with van der Waals surface area (Å²) >= 11 is 0. The molecule has 0 spiro atoms. The standard InChI is InChI=1S/C49H94O6/c1-6-8-9-10-11-12-13-14-15-16-17-18-19-23-29-34-39-47(50)53-42-46(55-49(52)41-36-31-26-25-27-32-37-44(3)4)43-54-48(51)40-35-30-24-21-20-22-28-33-38-45(5)7-2/h44-46H,6-43H2,1-5H3/t45?,46-/m0/s1. The molecule has 0 bridgehead atoms. The van der Waals surface area contributed by atoms with E-state index in [0.29, 0.717) is 19.3 Å². The average molecular weight is 779 g/mol. The van der Waals surface area contributed by atoms with Crippen molar-refractivity contribution < 1.29 is 28.6 Å². The minimum Gasteiger partial charge on any atom is -0.462 e. The van der Waals surface area contributed by atoms with Crippen molar-refractivity contribution in [3.63, 3.8) is 0 Å². The Hall–Kier alpha value is -1.59. The molecule has 0 saturated heterocycles. The van der Waals surface area contributed by atoms with Crippen LogP contribution in [0.4, 0.5) is 0 Å². The van der Waals surface area contributed by atoms with Crippen molar-refractivity contribution in [1.29, 1.82) is 0 Å². The molecule has 2 atom stereocenters. The third-order valence-corrected chi connectivity index (χ3v) is 11.3. The van der Waals surface area contributed by atoms with Crippen molar-refractivity contribution in [2.24, 2.45) is 11.8 Å². The second kappa shape index (κ2) is 42.0. The number of rotatable bonds is 43. The topological polar surface area (TPSA) is 78.9 Å². The van der Waals surface area contributed by atoms with Gasteiger partial charge in [-0.2, -0.15) is 0 Å². The molecule has 1 unspecified atom stereocenters. The first-order valence-corrected chi connectivity index (χ1v) is 24.3. The molecule has 0 N–H and O–H groups in total. The number of carbonyl (C=O) groups is 3. The number of carbonyl (C=O) groups excluding carboxylic acids is 3. The van der Waals surface area contributed by atoms with Crippen LogP contribution in [0.2, 0.25) is 0 Å². The van der Waals surface area contributed by atoms with Crippen molar-refractivity contribution in [3.05, 3.63) is 0 Å². The Labute approximate surface area is 342 Å². The highest BCUT2D eigenvalue weighted by molar-refractivity contribution is 5.71. The van der Waals surface area contributed by atoms with Gasteiger partial charge < -0.3 is 14.2 Å². The molecular weight excluding hydrogens is 685 g/mol. The molecule has 0 amide bonds. The van der Waals surface area contributed by atoms with Gasteiger partial charge in [-0.3, -0.25) is 14.4 Å². The fourth-order valence-corrected chi connectivity index (χ4v) is 7.25. The molecule has 0 heterocycles. The molecule has 326 valence electrons. The third-order valence-electron chi connectivity index (χ3n) is 11.3. The number of hydrogen-bond donors (Lipinski definition) is 0. The highest BCUT2D eigenvalue weighted by Crippen LogP contribution is 2.17. The van der Waals surface area contributed by atoms with Crippen molar-refractivity contribution in [1.82, 2.24) is 0 Å². The van der Waals surface area contributed by atoms with Gasteiger partial charge in [0, 0.05) is 19.3 Å². The van der Waals surface area contributed by atoms with Gasteiger partial charge in [0.2, 0.25) is 0 Å². The lowest BCUT2D eigenvalue weighted by Gasteiger charge is -2.18. The Kier molecular flexibility index (Phi) is 40.8. The third kappa shape index (κ3) is 41.9. The summed E-state index contributed by atoms with van der Waals surface area (Å²) in [7, 11) is 0. The predicted octanol–water partition coefficient (Wildman–Crippen LogP) is 15.4. The summed E-state index contributed by atoms with van der Waals surface area (Å²) in [5, 5.41) is 0. The van der Waals surface area contributed by atoms with Crippen molar-refractivity contribution in [3.8, 4) is 0 Å². The SMILES string of the molecule is CCCCCCCCCCCCCCCCCCC(=O)OC[C@@H](COC(=O)CCCCCCCCCCC(C)CC)OC(=O)CCCCCCCCC(C)C. The van der Waals surface area contributed by atoms with Gasteiger partial charge in [0.05, 0.1) is 0 Å². The number of ether oxygens (including phenoxy) is 3. The van der Waals surface area contributed by atoms with Gasteiger partial charge in [-0.15, -0.1) is 0 Å². The zero-order valence-corrected chi connectivity index (χ0v) is 37.6. The van der Waals surface area contributed by atoms with E-state index < -0.39 is 6.10 Å². The molecule has 0 radical (unpaired) electrons. The quantitative estimate of drug-likeness (QED) is 0.0348. The van der Waals surface area contributed by atoms with Crippen LogP contribution in [0, 0.1) is 11.8 Å². The molecule has 0 aliphatic heterocycles. The summed E-state index contributed by atoms with van der Waals surface area (Å²) in [5.74, 6) is 0.747. The molecule has 0 aromatic rings. The zero-order valence-electron chi connectivity index (χ0n) is 37.6. The van der Waals surface area contributed by atoms with E-state index in [4.69, 9.17) is 14.2 Å². The van der Waals surface area contributed by atoms with E-state index in [0.717, 1.165) is 69.6 Å². The van der Waals surface area contributed by atoms with E-state index in [1.54, 1.807) is 0 Å². The fraction of sp³-hybridized carbons (Fsp3) is 0.939. The summed E-state index contributed by atoms with van der Waals surface area (Å²) in [6.07, 6.45) is 41.0. The second-order valence-corrected chi connectivity index (χ2v) is 17.5. The molecule has 0 aromatic heterocycles. The zero-order chi connectivity index (χ0) is 40.5. The Bertz CT molecular complexity index is 841. The first kappa shape index (κ1) is 53.4. The predicted molar refractivity (Wildman–Crippen MR) is 233 cm³/mol. The molecule has 55 heavy (non-hydrogen) atoms. The Balaban J connectivity index is 4.27. The van der Waals surface area contributed by atoms with E-state index in [-0.39, 0.29) is 31.1 Å². The molecule has 0 aromatic carbocycles.